The van der Waals surface area contributed by atoms with Crippen molar-refractivity contribution in [2.24, 2.45) is 5.92 Å². The van der Waals surface area contributed by atoms with E-state index in [1.165, 1.54) is 16.7 Å². The standard InChI is InChI=1S/C22H26N4O2/c1-15-6-3-8-18(16(15)2)13-24-20(27)12-17-7-5-11-26(14-17)22-25-21-19(28-22)9-4-10-23-21/h3-4,6,8-10,17H,5,7,11-14H2,1-2H3,(H,24,27). The third-order valence-electron chi connectivity index (χ3n) is 5.61. The number of nitrogens with one attached hydrogen (secondary N) is 1. The number of hydrogen-bond acceptors (Lipinski definition) is 5. The lowest BCUT2D eigenvalue weighted by Crippen LogP contribution is -2.38. The summed E-state index contributed by atoms with van der Waals surface area (Å²) in [5.41, 5.74) is 5.01. The van der Waals surface area contributed by atoms with Crippen molar-refractivity contribution in [3.8, 4) is 0 Å². The van der Waals surface area contributed by atoms with Crippen molar-refractivity contribution in [1.29, 1.82) is 0 Å². The normalized spacial score (nSPS) is 17.1. The zero-order chi connectivity index (χ0) is 19.5. The maximum Gasteiger partial charge on any atom is 0.299 e. The number of rotatable bonds is 5. The van der Waals surface area contributed by atoms with Gasteiger partial charge in [-0.3, -0.25) is 4.79 Å². The van der Waals surface area contributed by atoms with Gasteiger partial charge in [0.05, 0.1) is 0 Å². The molecule has 28 heavy (non-hydrogen) atoms. The highest BCUT2D eigenvalue weighted by atomic mass is 16.4. The summed E-state index contributed by atoms with van der Waals surface area (Å²) < 4.78 is 5.84. The molecular formula is C22H26N4O2. The molecule has 0 saturated carbocycles. The molecule has 1 amide bonds. The van der Waals surface area contributed by atoms with E-state index in [4.69, 9.17) is 4.42 Å². The van der Waals surface area contributed by atoms with Crippen molar-refractivity contribution < 1.29 is 9.21 Å². The fourth-order valence-corrected chi connectivity index (χ4v) is 3.83. The molecule has 1 atom stereocenters. The first kappa shape index (κ1) is 18.5. The Bertz CT molecular complexity index is 949. The highest BCUT2D eigenvalue weighted by Crippen LogP contribution is 2.27. The number of nitrogens with zero attached hydrogens (tertiary/aromatic N) is 3. The monoisotopic (exact) mass is 378 g/mol. The minimum Gasteiger partial charge on any atom is -0.422 e. The number of amides is 1. The summed E-state index contributed by atoms with van der Waals surface area (Å²) in [6.07, 6.45) is 4.32. The number of aryl methyl sites for hydroxylation is 1. The molecule has 6 heteroatoms. The van der Waals surface area contributed by atoms with Crippen molar-refractivity contribution in [3.63, 3.8) is 0 Å². The number of pyridine rings is 1. The highest BCUT2D eigenvalue weighted by molar-refractivity contribution is 5.76. The van der Waals surface area contributed by atoms with Crippen LogP contribution in [0.1, 0.15) is 36.0 Å². The van der Waals surface area contributed by atoms with Gasteiger partial charge in [0, 0.05) is 32.3 Å². The third kappa shape index (κ3) is 4.01. The van der Waals surface area contributed by atoms with Crippen LogP contribution >= 0.6 is 0 Å². The van der Waals surface area contributed by atoms with E-state index in [1.54, 1.807) is 6.20 Å². The highest BCUT2D eigenvalue weighted by Gasteiger charge is 2.25. The van der Waals surface area contributed by atoms with E-state index in [0.717, 1.165) is 25.9 Å². The molecule has 6 nitrogen and oxygen atoms in total. The Labute approximate surface area is 165 Å². The number of carbonyl (C=O) groups is 1. The van der Waals surface area contributed by atoms with Crippen LogP contribution in [0.25, 0.3) is 11.2 Å². The first-order chi connectivity index (χ1) is 13.6. The molecule has 0 radical (unpaired) electrons. The van der Waals surface area contributed by atoms with Gasteiger partial charge in [0.15, 0.2) is 5.58 Å². The second-order valence-electron chi connectivity index (χ2n) is 7.62. The number of hydrogen-bond donors (Lipinski definition) is 1. The van der Waals surface area contributed by atoms with Crippen LogP contribution in [0.5, 0.6) is 0 Å². The van der Waals surface area contributed by atoms with Crippen molar-refractivity contribution in [2.45, 2.75) is 39.7 Å². The average molecular weight is 378 g/mol. The summed E-state index contributed by atoms with van der Waals surface area (Å²) in [4.78, 5) is 23.3. The van der Waals surface area contributed by atoms with Crippen LogP contribution < -0.4 is 10.2 Å². The summed E-state index contributed by atoms with van der Waals surface area (Å²) in [6, 6.07) is 10.5. The topological polar surface area (TPSA) is 71.3 Å². The molecule has 1 saturated heterocycles. The predicted octanol–water partition coefficient (Wildman–Crippen LogP) is 3.76. The Kier molecular flexibility index (Phi) is 5.28. The number of aromatic nitrogens is 2. The summed E-state index contributed by atoms with van der Waals surface area (Å²) in [6.45, 7) is 6.46. The maximum absolute atomic E-state index is 12.5. The Morgan fingerprint density at radius 2 is 2.18 bits per heavy atom. The lowest BCUT2D eigenvalue weighted by Gasteiger charge is -2.31. The SMILES string of the molecule is Cc1cccc(CNC(=O)CC2CCCN(c3nc4ncccc4o3)C2)c1C. The molecule has 1 N–H and O–H groups in total. The molecule has 1 aliphatic heterocycles. The van der Waals surface area contributed by atoms with Crippen molar-refractivity contribution >= 4 is 23.2 Å². The van der Waals surface area contributed by atoms with Gasteiger partial charge >= 0.3 is 0 Å². The second kappa shape index (κ2) is 8.00. The molecule has 1 aromatic carbocycles. The average Bonchev–Trinajstić information content (AvgIpc) is 3.14. The molecule has 3 aromatic rings. The van der Waals surface area contributed by atoms with Crippen molar-refractivity contribution in [1.82, 2.24) is 15.3 Å². The van der Waals surface area contributed by atoms with Crippen LogP contribution in [0.3, 0.4) is 0 Å². The summed E-state index contributed by atoms with van der Waals surface area (Å²) in [5.74, 6) is 0.405. The Morgan fingerprint density at radius 1 is 1.29 bits per heavy atom. The van der Waals surface area contributed by atoms with Crippen LogP contribution in [-0.4, -0.2) is 29.0 Å². The Morgan fingerprint density at radius 3 is 3.04 bits per heavy atom. The van der Waals surface area contributed by atoms with Gasteiger partial charge in [-0.2, -0.15) is 4.98 Å². The first-order valence-electron chi connectivity index (χ1n) is 9.88. The predicted molar refractivity (Wildman–Crippen MR) is 109 cm³/mol. The smallest absolute Gasteiger partial charge is 0.299 e. The van der Waals surface area contributed by atoms with Gasteiger partial charge in [-0.05, 0) is 61.4 Å². The fourth-order valence-electron chi connectivity index (χ4n) is 3.83. The molecule has 2 aromatic heterocycles. The molecule has 146 valence electrons. The van der Waals surface area contributed by atoms with E-state index in [1.807, 2.05) is 18.2 Å². The Balaban J connectivity index is 1.34. The quantitative estimate of drug-likeness (QED) is 0.732. The van der Waals surface area contributed by atoms with Gasteiger partial charge in [-0.25, -0.2) is 4.98 Å². The van der Waals surface area contributed by atoms with Crippen molar-refractivity contribution in [3.05, 3.63) is 53.2 Å². The molecule has 0 spiro atoms. The first-order valence-corrected chi connectivity index (χ1v) is 9.88. The zero-order valence-corrected chi connectivity index (χ0v) is 16.4. The van der Waals surface area contributed by atoms with Gasteiger partial charge in [0.2, 0.25) is 11.6 Å². The van der Waals surface area contributed by atoms with Gasteiger partial charge < -0.3 is 14.6 Å². The largest absolute Gasteiger partial charge is 0.422 e. The number of benzene rings is 1. The van der Waals surface area contributed by atoms with Crippen LogP contribution in [0, 0.1) is 19.8 Å². The molecule has 1 fully saturated rings. The van der Waals surface area contributed by atoms with E-state index >= 15 is 0 Å². The van der Waals surface area contributed by atoms with Crippen LogP contribution in [-0.2, 0) is 11.3 Å². The zero-order valence-electron chi connectivity index (χ0n) is 16.4. The van der Waals surface area contributed by atoms with Crippen LogP contribution in [0.2, 0.25) is 0 Å². The molecule has 0 bridgehead atoms. The van der Waals surface area contributed by atoms with E-state index in [9.17, 15) is 4.79 Å². The van der Waals surface area contributed by atoms with Gasteiger partial charge in [0.1, 0.15) is 0 Å². The van der Waals surface area contributed by atoms with Gasteiger partial charge in [-0.15, -0.1) is 0 Å². The summed E-state index contributed by atoms with van der Waals surface area (Å²) in [7, 11) is 0. The van der Waals surface area contributed by atoms with Crippen LogP contribution in [0.4, 0.5) is 6.01 Å². The number of anilines is 1. The van der Waals surface area contributed by atoms with E-state index < -0.39 is 0 Å². The number of oxazole rings is 1. The summed E-state index contributed by atoms with van der Waals surface area (Å²) in [5, 5.41) is 3.08. The van der Waals surface area contributed by atoms with E-state index in [-0.39, 0.29) is 5.91 Å². The maximum atomic E-state index is 12.5. The molecule has 3 heterocycles. The lowest BCUT2D eigenvalue weighted by atomic mass is 9.94. The summed E-state index contributed by atoms with van der Waals surface area (Å²) >= 11 is 0. The Hall–Kier alpha value is -2.89. The number of piperidine rings is 1. The van der Waals surface area contributed by atoms with Gasteiger partial charge in [0.25, 0.3) is 6.01 Å². The molecule has 1 aliphatic rings. The minimum absolute atomic E-state index is 0.104. The third-order valence-corrected chi connectivity index (χ3v) is 5.61. The van der Waals surface area contributed by atoms with Crippen LogP contribution in [0.15, 0.2) is 40.9 Å². The van der Waals surface area contributed by atoms with Gasteiger partial charge in [-0.1, -0.05) is 18.2 Å². The molecule has 0 aliphatic carbocycles. The molecule has 4 rings (SSSR count). The fraction of sp³-hybridized carbons (Fsp3) is 0.409. The van der Waals surface area contributed by atoms with E-state index in [0.29, 0.717) is 36.1 Å². The second-order valence-corrected chi connectivity index (χ2v) is 7.62. The lowest BCUT2D eigenvalue weighted by molar-refractivity contribution is -0.122. The van der Waals surface area contributed by atoms with Crippen molar-refractivity contribution in [2.75, 3.05) is 18.0 Å². The van der Waals surface area contributed by atoms with E-state index in [2.05, 4.69) is 46.2 Å². The minimum atomic E-state index is 0.104. The molecular weight excluding hydrogens is 352 g/mol. The molecule has 1 unspecified atom stereocenters. The number of fused-ring (bicyclic) bond motifs is 1. The number of carbonyl (C=O) groups excluding carboxylic acids is 1.